The van der Waals surface area contributed by atoms with Gasteiger partial charge in [-0.3, -0.25) is 0 Å². The maximum Gasteiger partial charge on any atom is 0.105 e. The lowest BCUT2D eigenvalue weighted by Crippen LogP contribution is -3.00. The second-order valence-corrected chi connectivity index (χ2v) is 9.54. The summed E-state index contributed by atoms with van der Waals surface area (Å²) in [5.41, 5.74) is 0. The summed E-state index contributed by atoms with van der Waals surface area (Å²) in [6.45, 7) is 13.1. The number of aliphatic hydroxyl groups is 2. The van der Waals surface area contributed by atoms with E-state index in [1.807, 2.05) is 19.9 Å². The molecule has 0 bridgehead atoms. The summed E-state index contributed by atoms with van der Waals surface area (Å²) in [5.74, 6) is 0. The number of rotatable bonds is 22. The Labute approximate surface area is 201 Å². The molecule has 2 N–H and O–H groups in total. The van der Waals surface area contributed by atoms with Crippen LogP contribution in [0, 0.1) is 0 Å². The average Bonchev–Trinajstić information content (AvgIpc) is 2.66. The first kappa shape index (κ1) is 32.8. The molecule has 0 spiro atoms. The normalized spacial score (nSPS) is 15.4. The fourth-order valence-electron chi connectivity index (χ4n) is 4.59. The number of halogens is 1. The van der Waals surface area contributed by atoms with E-state index in [1.165, 1.54) is 83.5 Å². The molecular weight excluding hydrogens is 406 g/mol. The van der Waals surface area contributed by atoms with Crippen molar-refractivity contribution in [2.45, 2.75) is 123 Å². The van der Waals surface area contributed by atoms with Crippen molar-refractivity contribution in [3.63, 3.8) is 0 Å². The second kappa shape index (κ2) is 22.8. The van der Waals surface area contributed by atoms with E-state index >= 15 is 0 Å². The van der Waals surface area contributed by atoms with Gasteiger partial charge in [-0.25, -0.2) is 0 Å². The molecule has 0 aromatic heterocycles. The Morgan fingerprint density at radius 3 is 1.55 bits per heavy atom. The van der Waals surface area contributed by atoms with E-state index in [-0.39, 0.29) is 24.6 Å². The molecule has 0 aliphatic heterocycles. The van der Waals surface area contributed by atoms with E-state index in [0.717, 1.165) is 24.0 Å². The Morgan fingerprint density at radius 1 is 0.710 bits per heavy atom. The molecule has 0 aliphatic rings. The summed E-state index contributed by atoms with van der Waals surface area (Å²) in [4.78, 5) is 0. The summed E-state index contributed by atoms with van der Waals surface area (Å²) < 4.78 is 0.752. The minimum Gasteiger partial charge on any atom is -1.00 e. The van der Waals surface area contributed by atoms with Gasteiger partial charge in [0.05, 0.1) is 13.1 Å². The molecule has 0 rings (SSSR count). The van der Waals surface area contributed by atoms with Crippen molar-refractivity contribution in [2.24, 2.45) is 0 Å². The Hall–Kier alpha value is -0.350. The molecule has 0 aliphatic carbocycles. The average molecular weight is 460 g/mol. The summed E-state index contributed by atoms with van der Waals surface area (Å²) in [7, 11) is 0. The zero-order valence-electron chi connectivity index (χ0n) is 21.0. The summed E-state index contributed by atoms with van der Waals surface area (Å²) in [5, 5.41) is 19.9. The summed E-state index contributed by atoms with van der Waals surface area (Å²) in [6, 6.07) is 0. The molecule has 0 heterocycles. The van der Waals surface area contributed by atoms with Crippen molar-refractivity contribution in [2.75, 3.05) is 26.2 Å². The predicted molar refractivity (Wildman–Crippen MR) is 133 cm³/mol. The van der Waals surface area contributed by atoms with Gasteiger partial charge >= 0.3 is 0 Å². The zero-order valence-corrected chi connectivity index (χ0v) is 21.8. The van der Waals surface area contributed by atoms with Gasteiger partial charge in [0.15, 0.2) is 0 Å². The quantitative estimate of drug-likeness (QED) is 0.147. The first-order valence-electron chi connectivity index (χ1n) is 12.9. The molecule has 186 valence electrons. The molecule has 2 atom stereocenters. The molecule has 0 aromatic rings. The van der Waals surface area contributed by atoms with Gasteiger partial charge in [-0.2, -0.15) is 0 Å². The SMILES string of the molecule is C=CC[N+](CCCCCCCC/C=C\CCCCCCCC)(CC(C)O)CC(C)O.[Cl-]. The van der Waals surface area contributed by atoms with Crippen LogP contribution in [0.15, 0.2) is 24.8 Å². The molecule has 0 aromatic carbocycles. The molecule has 0 fully saturated rings. The van der Waals surface area contributed by atoms with E-state index in [2.05, 4.69) is 25.7 Å². The van der Waals surface area contributed by atoms with Crippen molar-refractivity contribution in [1.82, 2.24) is 0 Å². The lowest BCUT2D eigenvalue weighted by Gasteiger charge is -2.40. The van der Waals surface area contributed by atoms with Crippen LogP contribution in [0.25, 0.3) is 0 Å². The molecule has 0 saturated carbocycles. The molecule has 0 amide bonds. The molecular formula is C27H54ClNO2. The first-order valence-corrected chi connectivity index (χ1v) is 12.9. The van der Waals surface area contributed by atoms with Crippen LogP contribution in [0.5, 0.6) is 0 Å². The Bertz CT molecular complexity index is 400. The van der Waals surface area contributed by atoms with Gasteiger partial charge in [0, 0.05) is 0 Å². The van der Waals surface area contributed by atoms with Crippen molar-refractivity contribution in [3.05, 3.63) is 24.8 Å². The number of quaternary nitrogens is 1. The van der Waals surface area contributed by atoms with Crippen molar-refractivity contribution in [3.8, 4) is 0 Å². The molecule has 4 heteroatoms. The van der Waals surface area contributed by atoms with Crippen molar-refractivity contribution < 1.29 is 27.1 Å². The van der Waals surface area contributed by atoms with Crippen LogP contribution >= 0.6 is 0 Å². The predicted octanol–water partition coefficient (Wildman–Crippen LogP) is 3.79. The maximum absolute atomic E-state index is 9.93. The number of aliphatic hydroxyl groups excluding tert-OH is 2. The van der Waals surface area contributed by atoms with Gasteiger partial charge in [0.25, 0.3) is 0 Å². The first-order chi connectivity index (χ1) is 14.5. The summed E-state index contributed by atoms with van der Waals surface area (Å²) >= 11 is 0. The molecule has 2 unspecified atom stereocenters. The fraction of sp³-hybridized carbons (Fsp3) is 0.852. The standard InChI is InChI=1S/C27H54NO2.ClH/c1-5-7-8-9-10-11-12-13-14-15-16-17-18-19-20-21-23-28(22-6-2,24-26(3)29)25-27(4)30;/h6,13-14,26-27,29-30H,2,5,7-12,15-25H2,1,3-4H3;1H/q+1;/p-1/b14-13-;. The van der Waals surface area contributed by atoms with Gasteiger partial charge in [-0.15, -0.1) is 0 Å². The van der Waals surface area contributed by atoms with Gasteiger partial charge in [0.2, 0.25) is 0 Å². The van der Waals surface area contributed by atoms with Gasteiger partial charge in [-0.1, -0.05) is 77.0 Å². The Kier molecular flexibility index (Phi) is 24.2. The maximum atomic E-state index is 9.93. The van der Waals surface area contributed by atoms with Crippen molar-refractivity contribution in [1.29, 1.82) is 0 Å². The highest BCUT2D eigenvalue weighted by molar-refractivity contribution is 4.81. The van der Waals surface area contributed by atoms with Gasteiger partial charge in [-0.05, 0) is 58.4 Å². The smallest absolute Gasteiger partial charge is 0.105 e. The number of hydrogen-bond acceptors (Lipinski definition) is 2. The minimum absolute atomic E-state index is 0. The van der Waals surface area contributed by atoms with Crippen LogP contribution < -0.4 is 12.4 Å². The largest absolute Gasteiger partial charge is 1.00 e. The Balaban J connectivity index is 0. The van der Waals surface area contributed by atoms with E-state index in [9.17, 15) is 10.2 Å². The zero-order chi connectivity index (χ0) is 22.5. The van der Waals surface area contributed by atoms with Crippen LogP contribution in [-0.2, 0) is 0 Å². The van der Waals surface area contributed by atoms with Crippen molar-refractivity contribution >= 4 is 0 Å². The summed E-state index contributed by atoms with van der Waals surface area (Å²) in [6.07, 6.45) is 24.5. The third-order valence-electron chi connectivity index (χ3n) is 5.96. The lowest BCUT2D eigenvalue weighted by molar-refractivity contribution is -0.928. The van der Waals surface area contributed by atoms with Crippen LogP contribution in [-0.4, -0.2) is 53.1 Å². The number of nitrogens with zero attached hydrogens (tertiary/aromatic N) is 1. The van der Waals surface area contributed by atoms with Crippen LogP contribution in [0.1, 0.15) is 111 Å². The van der Waals surface area contributed by atoms with Gasteiger partial charge < -0.3 is 27.1 Å². The highest BCUT2D eigenvalue weighted by Gasteiger charge is 2.29. The number of unbranched alkanes of at least 4 members (excludes halogenated alkanes) is 12. The van der Waals surface area contributed by atoms with E-state index in [0.29, 0.717) is 13.1 Å². The number of allylic oxidation sites excluding steroid dienone is 2. The van der Waals surface area contributed by atoms with Gasteiger partial charge in [0.1, 0.15) is 25.3 Å². The molecule has 3 nitrogen and oxygen atoms in total. The topological polar surface area (TPSA) is 40.5 Å². The third kappa shape index (κ3) is 21.3. The Morgan fingerprint density at radius 2 is 1.13 bits per heavy atom. The highest BCUT2D eigenvalue weighted by Crippen LogP contribution is 2.16. The second-order valence-electron chi connectivity index (χ2n) is 9.54. The fourth-order valence-corrected chi connectivity index (χ4v) is 4.59. The van der Waals surface area contributed by atoms with E-state index in [4.69, 9.17) is 0 Å². The van der Waals surface area contributed by atoms with Crippen LogP contribution in [0.4, 0.5) is 0 Å². The minimum atomic E-state index is -0.349. The highest BCUT2D eigenvalue weighted by atomic mass is 35.5. The van der Waals surface area contributed by atoms with Crippen LogP contribution in [0.3, 0.4) is 0 Å². The van der Waals surface area contributed by atoms with Crippen LogP contribution in [0.2, 0.25) is 0 Å². The molecule has 0 radical (unpaired) electrons. The lowest BCUT2D eigenvalue weighted by atomic mass is 10.1. The third-order valence-corrected chi connectivity index (χ3v) is 5.96. The van der Waals surface area contributed by atoms with E-state index < -0.39 is 0 Å². The molecule has 0 saturated heterocycles. The number of hydrogen-bond donors (Lipinski definition) is 2. The monoisotopic (exact) mass is 459 g/mol. The molecule has 31 heavy (non-hydrogen) atoms. The van der Waals surface area contributed by atoms with E-state index in [1.54, 1.807) is 0 Å².